The summed E-state index contributed by atoms with van der Waals surface area (Å²) in [6.45, 7) is 1.89. The number of halogens is 1. The maximum Gasteiger partial charge on any atom is 0.326 e. The van der Waals surface area contributed by atoms with Gasteiger partial charge < -0.3 is 20.1 Å². The van der Waals surface area contributed by atoms with Crippen LogP contribution in [0.15, 0.2) is 18.2 Å². The van der Waals surface area contributed by atoms with Crippen molar-refractivity contribution in [2.24, 2.45) is 0 Å². The molecular weight excluding hydrogens is 279 g/mol. The third-order valence-corrected chi connectivity index (χ3v) is 3.44. The first kappa shape index (κ1) is 15.2. The summed E-state index contributed by atoms with van der Waals surface area (Å²) in [5.74, 6) is -1.55. The third kappa shape index (κ3) is 3.49. The van der Waals surface area contributed by atoms with Crippen LogP contribution >= 0.6 is 0 Å². The second-order valence-corrected chi connectivity index (χ2v) is 5.05. The lowest BCUT2D eigenvalue weighted by Gasteiger charge is -2.21. The molecule has 2 N–H and O–H groups in total. The van der Waals surface area contributed by atoms with Gasteiger partial charge in [0.2, 0.25) is 0 Å². The van der Waals surface area contributed by atoms with Crippen molar-refractivity contribution in [1.29, 1.82) is 0 Å². The second-order valence-electron chi connectivity index (χ2n) is 5.05. The number of urea groups is 1. The van der Waals surface area contributed by atoms with Gasteiger partial charge >= 0.3 is 12.0 Å². The zero-order valence-corrected chi connectivity index (χ0v) is 11.8. The number of aliphatic carboxylic acids is 1. The SMILES string of the molecule is COC1CC(C(=O)O)N(C(=O)Nc2cc(C)cc(F)c2)C1. The number of aryl methyl sites for hydroxylation is 1. The number of carbonyl (C=O) groups is 2. The number of hydrogen-bond donors (Lipinski definition) is 2. The maximum absolute atomic E-state index is 13.3. The zero-order chi connectivity index (χ0) is 15.6. The van der Waals surface area contributed by atoms with Crippen molar-refractivity contribution in [1.82, 2.24) is 4.90 Å². The van der Waals surface area contributed by atoms with E-state index in [9.17, 15) is 14.0 Å². The third-order valence-electron chi connectivity index (χ3n) is 3.44. The van der Waals surface area contributed by atoms with Crippen LogP contribution in [0.2, 0.25) is 0 Å². The number of carboxylic acids is 1. The Kier molecular flexibility index (Phi) is 4.42. The Labute approximate surface area is 121 Å². The molecule has 0 aromatic heterocycles. The number of carbonyl (C=O) groups excluding carboxylic acids is 1. The molecule has 1 aliphatic rings. The number of anilines is 1. The Morgan fingerprint density at radius 2 is 2.14 bits per heavy atom. The van der Waals surface area contributed by atoms with Crippen molar-refractivity contribution in [2.45, 2.75) is 25.5 Å². The van der Waals surface area contributed by atoms with Gasteiger partial charge in [0, 0.05) is 25.8 Å². The summed E-state index contributed by atoms with van der Waals surface area (Å²) in [5, 5.41) is 11.7. The van der Waals surface area contributed by atoms with Gasteiger partial charge in [-0.25, -0.2) is 14.0 Å². The van der Waals surface area contributed by atoms with Crippen LogP contribution in [0.4, 0.5) is 14.9 Å². The van der Waals surface area contributed by atoms with E-state index in [4.69, 9.17) is 9.84 Å². The van der Waals surface area contributed by atoms with Gasteiger partial charge in [-0.2, -0.15) is 0 Å². The summed E-state index contributed by atoms with van der Waals surface area (Å²) in [5.41, 5.74) is 0.957. The van der Waals surface area contributed by atoms with Crippen molar-refractivity contribution in [2.75, 3.05) is 19.0 Å². The predicted molar refractivity (Wildman–Crippen MR) is 73.7 cm³/mol. The summed E-state index contributed by atoms with van der Waals surface area (Å²) in [4.78, 5) is 24.6. The van der Waals surface area contributed by atoms with Crippen LogP contribution in [0, 0.1) is 12.7 Å². The number of likely N-dealkylation sites (tertiary alicyclic amines) is 1. The minimum absolute atomic E-state index is 0.188. The average Bonchev–Trinajstić information content (AvgIpc) is 2.81. The fourth-order valence-corrected chi connectivity index (χ4v) is 2.43. The normalized spacial score (nSPS) is 21.4. The van der Waals surface area contributed by atoms with Gasteiger partial charge in [0.1, 0.15) is 11.9 Å². The van der Waals surface area contributed by atoms with Gasteiger partial charge in [-0.3, -0.25) is 0 Å². The van der Waals surface area contributed by atoms with E-state index in [1.807, 2.05) is 0 Å². The number of hydrogen-bond acceptors (Lipinski definition) is 3. The van der Waals surface area contributed by atoms with E-state index >= 15 is 0 Å². The Hall–Kier alpha value is -2.15. The van der Waals surface area contributed by atoms with Crippen LogP contribution in [0.25, 0.3) is 0 Å². The summed E-state index contributed by atoms with van der Waals surface area (Å²) in [7, 11) is 1.47. The number of nitrogens with one attached hydrogen (secondary N) is 1. The number of ether oxygens (including phenoxy) is 1. The molecule has 1 fully saturated rings. The molecule has 21 heavy (non-hydrogen) atoms. The first-order valence-electron chi connectivity index (χ1n) is 6.51. The Morgan fingerprint density at radius 3 is 2.71 bits per heavy atom. The predicted octanol–water partition coefficient (Wildman–Crippen LogP) is 1.84. The second kappa shape index (κ2) is 6.09. The minimum Gasteiger partial charge on any atom is -0.480 e. The molecule has 7 heteroatoms. The van der Waals surface area contributed by atoms with Crippen molar-refractivity contribution >= 4 is 17.7 Å². The lowest BCUT2D eigenvalue weighted by atomic mass is 10.2. The molecule has 1 saturated heterocycles. The van der Waals surface area contributed by atoms with Gasteiger partial charge in [-0.15, -0.1) is 0 Å². The molecule has 1 heterocycles. The Morgan fingerprint density at radius 1 is 1.43 bits per heavy atom. The van der Waals surface area contributed by atoms with Crippen LogP contribution in [0.1, 0.15) is 12.0 Å². The van der Waals surface area contributed by atoms with Crippen LogP contribution in [-0.4, -0.2) is 47.8 Å². The molecule has 2 amide bonds. The molecule has 0 aliphatic carbocycles. The lowest BCUT2D eigenvalue weighted by Crippen LogP contribution is -2.43. The van der Waals surface area contributed by atoms with E-state index in [-0.39, 0.29) is 19.1 Å². The quantitative estimate of drug-likeness (QED) is 0.892. The van der Waals surface area contributed by atoms with Gasteiger partial charge in [0.05, 0.1) is 6.10 Å². The van der Waals surface area contributed by atoms with Gasteiger partial charge in [-0.05, 0) is 30.7 Å². The zero-order valence-electron chi connectivity index (χ0n) is 11.8. The number of benzene rings is 1. The molecule has 0 saturated carbocycles. The standard InChI is InChI=1S/C14H17FN2O4/c1-8-3-9(15)5-10(4-8)16-14(20)17-7-11(21-2)6-12(17)13(18)19/h3-5,11-12H,6-7H2,1-2H3,(H,16,20)(H,18,19). The molecule has 0 radical (unpaired) electrons. The molecule has 1 aromatic carbocycles. The number of amides is 2. The fraction of sp³-hybridized carbons (Fsp3) is 0.429. The smallest absolute Gasteiger partial charge is 0.326 e. The Balaban J connectivity index is 2.13. The van der Waals surface area contributed by atoms with Crippen molar-refractivity contribution in [3.8, 4) is 0 Å². The van der Waals surface area contributed by atoms with Crippen LogP contribution in [0.5, 0.6) is 0 Å². The van der Waals surface area contributed by atoms with Gasteiger partial charge in [0.15, 0.2) is 0 Å². The summed E-state index contributed by atoms with van der Waals surface area (Å²) < 4.78 is 18.4. The van der Waals surface area contributed by atoms with Gasteiger partial charge in [0.25, 0.3) is 0 Å². The van der Waals surface area contributed by atoms with E-state index in [2.05, 4.69) is 5.32 Å². The maximum atomic E-state index is 13.3. The van der Waals surface area contributed by atoms with E-state index in [1.54, 1.807) is 13.0 Å². The molecule has 114 valence electrons. The first-order chi connectivity index (χ1) is 9.90. The number of rotatable bonds is 3. The molecule has 6 nitrogen and oxygen atoms in total. The molecule has 1 aromatic rings. The van der Waals surface area contributed by atoms with Crippen molar-refractivity contribution < 1.29 is 23.8 Å². The average molecular weight is 296 g/mol. The lowest BCUT2D eigenvalue weighted by molar-refractivity contribution is -0.141. The molecule has 2 unspecified atom stereocenters. The van der Waals surface area contributed by atoms with E-state index in [0.29, 0.717) is 11.3 Å². The highest BCUT2D eigenvalue weighted by molar-refractivity contribution is 5.92. The molecule has 1 aliphatic heterocycles. The summed E-state index contributed by atoms with van der Waals surface area (Å²) in [6, 6.07) is 2.62. The largest absolute Gasteiger partial charge is 0.480 e. The van der Waals surface area contributed by atoms with Crippen molar-refractivity contribution in [3.05, 3.63) is 29.6 Å². The first-order valence-corrected chi connectivity index (χ1v) is 6.51. The van der Waals surface area contributed by atoms with Crippen LogP contribution in [-0.2, 0) is 9.53 Å². The summed E-state index contributed by atoms with van der Waals surface area (Å²) in [6.07, 6.45) is -0.0763. The highest BCUT2D eigenvalue weighted by Gasteiger charge is 2.39. The highest BCUT2D eigenvalue weighted by atomic mass is 19.1. The monoisotopic (exact) mass is 296 g/mol. The van der Waals surface area contributed by atoms with Crippen LogP contribution < -0.4 is 5.32 Å². The Bertz CT molecular complexity index is 544. The van der Waals surface area contributed by atoms with Gasteiger partial charge in [-0.1, -0.05) is 0 Å². The molecule has 0 spiro atoms. The molecule has 0 bridgehead atoms. The fourth-order valence-electron chi connectivity index (χ4n) is 2.43. The van der Waals surface area contributed by atoms with E-state index < -0.39 is 23.9 Å². The highest BCUT2D eigenvalue weighted by Crippen LogP contribution is 2.22. The van der Waals surface area contributed by atoms with Crippen molar-refractivity contribution in [3.63, 3.8) is 0 Å². The van der Waals surface area contributed by atoms with Crippen LogP contribution in [0.3, 0.4) is 0 Å². The molecule has 2 atom stereocenters. The number of methoxy groups -OCH3 is 1. The summed E-state index contributed by atoms with van der Waals surface area (Å²) >= 11 is 0. The number of carboxylic acid groups (broad SMARTS) is 1. The minimum atomic E-state index is -1.08. The number of nitrogens with zero attached hydrogens (tertiary/aromatic N) is 1. The van der Waals surface area contributed by atoms with E-state index in [0.717, 1.165) is 0 Å². The molecule has 2 rings (SSSR count). The van der Waals surface area contributed by atoms with E-state index in [1.165, 1.54) is 24.1 Å². The molecular formula is C14H17FN2O4. The topological polar surface area (TPSA) is 78.9 Å².